The fourth-order valence-electron chi connectivity index (χ4n) is 2.69. The van der Waals surface area contributed by atoms with E-state index in [-0.39, 0.29) is 0 Å². The standard InChI is InChI=1S/C18H39P/c1-2-3-4-5-6-7-8-9-10-11-12-13-14-15-16-17-18-19/h2-19H2,1H3. The predicted molar refractivity (Wildman–Crippen MR) is 94.1 cm³/mol. The summed E-state index contributed by atoms with van der Waals surface area (Å²) in [4.78, 5) is 0. The summed E-state index contributed by atoms with van der Waals surface area (Å²) in [6.07, 6.45) is 24.7. The van der Waals surface area contributed by atoms with E-state index in [2.05, 4.69) is 16.2 Å². The zero-order valence-corrected chi connectivity index (χ0v) is 14.8. The van der Waals surface area contributed by atoms with Gasteiger partial charge in [-0.25, -0.2) is 0 Å². The number of rotatable bonds is 16. The summed E-state index contributed by atoms with van der Waals surface area (Å²) >= 11 is 0. The molecule has 0 rings (SSSR count). The van der Waals surface area contributed by atoms with E-state index in [1.54, 1.807) is 0 Å². The lowest BCUT2D eigenvalue weighted by atomic mass is 10.0. The van der Waals surface area contributed by atoms with Crippen LogP contribution in [-0.4, -0.2) is 6.16 Å². The van der Waals surface area contributed by atoms with Crippen molar-refractivity contribution in [1.29, 1.82) is 0 Å². The highest BCUT2D eigenvalue weighted by Crippen LogP contribution is 2.13. The van der Waals surface area contributed by atoms with Crippen LogP contribution in [0.5, 0.6) is 0 Å². The lowest BCUT2D eigenvalue weighted by Crippen LogP contribution is -1.83. The van der Waals surface area contributed by atoms with Gasteiger partial charge in [0, 0.05) is 0 Å². The highest BCUT2D eigenvalue weighted by atomic mass is 31.0. The van der Waals surface area contributed by atoms with Gasteiger partial charge in [0.25, 0.3) is 0 Å². The smallest absolute Gasteiger partial charge is 0.0381 e. The van der Waals surface area contributed by atoms with Crippen molar-refractivity contribution in [2.24, 2.45) is 0 Å². The van der Waals surface area contributed by atoms with Crippen LogP contribution < -0.4 is 0 Å². The second kappa shape index (κ2) is 18.4. The van der Waals surface area contributed by atoms with E-state index in [9.17, 15) is 0 Å². The van der Waals surface area contributed by atoms with Crippen LogP contribution in [0.25, 0.3) is 0 Å². The van der Waals surface area contributed by atoms with Crippen molar-refractivity contribution in [1.82, 2.24) is 0 Å². The van der Waals surface area contributed by atoms with Crippen LogP contribution in [0, 0.1) is 0 Å². The molecule has 0 nitrogen and oxygen atoms in total. The van der Waals surface area contributed by atoms with Crippen LogP contribution >= 0.6 is 9.24 Å². The third kappa shape index (κ3) is 18.4. The van der Waals surface area contributed by atoms with Crippen molar-refractivity contribution in [3.8, 4) is 0 Å². The first-order valence-electron chi connectivity index (χ1n) is 9.12. The van der Waals surface area contributed by atoms with Crippen molar-refractivity contribution in [3.05, 3.63) is 0 Å². The van der Waals surface area contributed by atoms with Gasteiger partial charge in [-0.05, 0) is 12.6 Å². The Balaban J connectivity index is 2.88. The lowest BCUT2D eigenvalue weighted by molar-refractivity contribution is 0.531. The van der Waals surface area contributed by atoms with Crippen LogP contribution in [0.4, 0.5) is 0 Å². The van der Waals surface area contributed by atoms with Gasteiger partial charge in [-0.15, -0.1) is 9.24 Å². The summed E-state index contributed by atoms with van der Waals surface area (Å²) in [5.41, 5.74) is 0. The second-order valence-electron chi connectivity index (χ2n) is 6.09. The van der Waals surface area contributed by atoms with Crippen molar-refractivity contribution >= 4 is 9.24 Å². The molecular formula is C18H39P. The van der Waals surface area contributed by atoms with Gasteiger partial charge in [0.1, 0.15) is 0 Å². The van der Waals surface area contributed by atoms with Gasteiger partial charge >= 0.3 is 0 Å². The Kier molecular flexibility index (Phi) is 18.8. The molecule has 0 aliphatic carbocycles. The van der Waals surface area contributed by atoms with Gasteiger partial charge < -0.3 is 0 Å². The van der Waals surface area contributed by atoms with E-state index in [0.29, 0.717) is 0 Å². The van der Waals surface area contributed by atoms with Gasteiger partial charge in [-0.2, -0.15) is 0 Å². The second-order valence-corrected chi connectivity index (χ2v) is 6.67. The highest BCUT2D eigenvalue weighted by Gasteiger charge is 1.94. The third-order valence-electron chi connectivity index (χ3n) is 4.06. The first-order chi connectivity index (χ1) is 9.41. The Labute approximate surface area is 125 Å². The summed E-state index contributed by atoms with van der Waals surface area (Å²) in [6.45, 7) is 2.29. The molecule has 0 N–H and O–H groups in total. The maximum Gasteiger partial charge on any atom is -0.0381 e. The van der Waals surface area contributed by atoms with E-state index < -0.39 is 0 Å². The molecule has 1 atom stereocenters. The molecule has 0 heterocycles. The Morgan fingerprint density at radius 2 is 0.684 bits per heavy atom. The Morgan fingerprint density at radius 1 is 0.421 bits per heavy atom. The number of hydrogen-bond donors (Lipinski definition) is 0. The fraction of sp³-hybridized carbons (Fsp3) is 1.00. The summed E-state index contributed by atoms with van der Waals surface area (Å²) < 4.78 is 0. The highest BCUT2D eigenvalue weighted by molar-refractivity contribution is 7.16. The Hall–Kier alpha value is 0.430. The normalized spacial score (nSPS) is 11.1. The molecule has 0 aliphatic heterocycles. The average molecular weight is 286 g/mol. The SMILES string of the molecule is CCCCCCCCCCCCCCCCCCP. The quantitative estimate of drug-likeness (QED) is 0.209. The lowest BCUT2D eigenvalue weighted by Gasteiger charge is -2.03. The Bertz CT molecular complexity index is 129. The zero-order valence-electron chi connectivity index (χ0n) is 13.6. The first kappa shape index (κ1) is 19.4. The van der Waals surface area contributed by atoms with Crippen LogP contribution in [-0.2, 0) is 0 Å². The van der Waals surface area contributed by atoms with Crippen molar-refractivity contribution in [3.63, 3.8) is 0 Å². The first-order valence-corrected chi connectivity index (χ1v) is 9.93. The average Bonchev–Trinajstić information content (AvgIpc) is 2.43. The molecule has 0 fully saturated rings. The van der Waals surface area contributed by atoms with Crippen LogP contribution in [0.1, 0.15) is 110 Å². The maximum absolute atomic E-state index is 2.83. The minimum atomic E-state index is 1.29. The molecule has 0 aromatic carbocycles. The summed E-state index contributed by atoms with van der Waals surface area (Å²) in [5, 5.41) is 0. The summed E-state index contributed by atoms with van der Waals surface area (Å²) in [6, 6.07) is 0. The fourth-order valence-corrected chi connectivity index (χ4v) is 2.98. The predicted octanol–water partition coefficient (Wildman–Crippen LogP) is 7.12. The van der Waals surface area contributed by atoms with E-state index in [1.807, 2.05) is 0 Å². The van der Waals surface area contributed by atoms with E-state index in [0.717, 1.165) is 0 Å². The van der Waals surface area contributed by atoms with Gasteiger partial charge in [0.15, 0.2) is 0 Å². The van der Waals surface area contributed by atoms with Gasteiger partial charge in [-0.1, -0.05) is 103 Å². The van der Waals surface area contributed by atoms with Gasteiger partial charge in [0.05, 0.1) is 0 Å². The summed E-state index contributed by atoms with van der Waals surface area (Å²) in [7, 11) is 2.83. The molecule has 0 aliphatic rings. The van der Waals surface area contributed by atoms with Crippen molar-refractivity contribution in [2.45, 2.75) is 110 Å². The van der Waals surface area contributed by atoms with Crippen LogP contribution in [0.2, 0.25) is 0 Å². The molecule has 0 aromatic rings. The molecule has 0 radical (unpaired) electrons. The molecule has 19 heavy (non-hydrogen) atoms. The van der Waals surface area contributed by atoms with Crippen LogP contribution in [0.15, 0.2) is 0 Å². The molecule has 116 valence electrons. The van der Waals surface area contributed by atoms with Crippen molar-refractivity contribution in [2.75, 3.05) is 6.16 Å². The van der Waals surface area contributed by atoms with E-state index >= 15 is 0 Å². The molecule has 0 aromatic heterocycles. The zero-order chi connectivity index (χ0) is 14.0. The van der Waals surface area contributed by atoms with E-state index in [1.165, 1.54) is 109 Å². The van der Waals surface area contributed by atoms with Crippen LogP contribution in [0.3, 0.4) is 0 Å². The van der Waals surface area contributed by atoms with Gasteiger partial charge in [-0.3, -0.25) is 0 Å². The van der Waals surface area contributed by atoms with Crippen molar-refractivity contribution < 1.29 is 0 Å². The topological polar surface area (TPSA) is 0 Å². The molecule has 0 amide bonds. The molecule has 1 heteroatoms. The van der Waals surface area contributed by atoms with E-state index in [4.69, 9.17) is 0 Å². The molecule has 0 spiro atoms. The Morgan fingerprint density at radius 3 is 0.947 bits per heavy atom. The number of unbranched alkanes of at least 4 members (excludes halogenated alkanes) is 15. The minimum absolute atomic E-state index is 1.29. The third-order valence-corrected chi connectivity index (χ3v) is 4.47. The molecule has 0 bridgehead atoms. The monoisotopic (exact) mass is 286 g/mol. The summed E-state index contributed by atoms with van der Waals surface area (Å²) in [5.74, 6) is 0. The maximum atomic E-state index is 2.83. The molecular weight excluding hydrogens is 247 g/mol. The molecule has 0 saturated heterocycles. The molecule has 0 saturated carbocycles. The van der Waals surface area contributed by atoms with Gasteiger partial charge in [0.2, 0.25) is 0 Å². The largest absolute Gasteiger partial charge is 0.138 e. The molecule has 1 unspecified atom stereocenters. The minimum Gasteiger partial charge on any atom is -0.138 e. The number of hydrogen-bond acceptors (Lipinski definition) is 0.